The topological polar surface area (TPSA) is 50.8 Å². The largest absolute Gasteiger partial charge is 0.492 e. The van der Waals surface area contributed by atoms with Gasteiger partial charge in [0.2, 0.25) is 0 Å². The number of anilines is 1. The molecule has 1 fully saturated rings. The standard InChI is InChI=1S/C29H26F2N2O3/c30-22-8-9-26(31)25(19-22)20-4-3-5-21(18-20)29(34)32-27-10-11-28(24-7-2-1-6-23(24)27)36-17-14-33-12-15-35-16-13-33/h1-11,18-19H,12-17H2,(H,32,34). The number of benzene rings is 4. The molecule has 0 radical (unpaired) electrons. The van der Waals surface area contributed by atoms with Gasteiger partial charge >= 0.3 is 0 Å². The van der Waals surface area contributed by atoms with E-state index in [9.17, 15) is 13.6 Å². The molecule has 1 saturated heterocycles. The first-order valence-corrected chi connectivity index (χ1v) is 11.9. The molecule has 1 N–H and O–H groups in total. The fourth-order valence-electron chi connectivity index (χ4n) is 4.36. The lowest BCUT2D eigenvalue weighted by Gasteiger charge is -2.26. The van der Waals surface area contributed by atoms with Crippen LogP contribution in [0.15, 0.2) is 78.9 Å². The zero-order valence-electron chi connectivity index (χ0n) is 19.7. The van der Waals surface area contributed by atoms with Crippen LogP contribution in [-0.2, 0) is 4.74 Å². The van der Waals surface area contributed by atoms with Crippen LogP contribution >= 0.6 is 0 Å². The summed E-state index contributed by atoms with van der Waals surface area (Å²) in [6.07, 6.45) is 0. The number of morpholine rings is 1. The summed E-state index contributed by atoms with van der Waals surface area (Å²) in [5.41, 5.74) is 1.51. The van der Waals surface area contributed by atoms with Crippen molar-refractivity contribution < 1.29 is 23.0 Å². The zero-order chi connectivity index (χ0) is 24.9. The van der Waals surface area contributed by atoms with Crippen molar-refractivity contribution in [2.45, 2.75) is 0 Å². The van der Waals surface area contributed by atoms with Crippen molar-refractivity contribution in [3.8, 4) is 16.9 Å². The molecule has 36 heavy (non-hydrogen) atoms. The van der Waals surface area contributed by atoms with E-state index < -0.39 is 11.6 Å². The van der Waals surface area contributed by atoms with Crippen LogP contribution in [0.2, 0.25) is 0 Å². The van der Waals surface area contributed by atoms with E-state index in [1.165, 1.54) is 0 Å². The van der Waals surface area contributed by atoms with Crippen LogP contribution < -0.4 is 10.1 Å². The monoisotopic (exact) mass is 488 g/mol. The molecule has 5 nitrogen and oxygen atoms in total. The van der Waals surface area contributed by atoms with Gasteiger partial charge in [0, 0.05) is 47.2 Å². The molecule has 0 bridgehead atoms. The van der Waals surface area contributed by atoms with Gasteiger partial charge in [-0.25, -0.2) is 8.78 Å². The summed E-state index contributed by atoms with van der Waals surface area (Å²) in [6.45, 7) is 4.68. The number of fused-ring (bicyclic) bond motifs is 1. The number of nitrogens with one attached hydrogen (secondary N) is 1. The molecule has 0 unspecified atom stereocenters. The van der Waals surface area contributed by atoms with Crippen LogP contribution in [0.25, 0.3) is 21.9 Å². The van der Waals surface area contributed by atoms with E-state index in [2.05, 4.69) is 10.2 Å². The van der Waals surface area contributed by atoms with Crippen molar-refractivity contribution in [3.05, 3.63) is 96.1 Å². The molecule has 0 saturated carbocycles. The second kappa shape index (κ2) is 10.8. The van der Waals surface area contributed by atoms with Gasteiger partial charge in [0.15, 0.2) is 0 Å². The van der Waals surface area contributed by atoms with Crippen molar-refractivity contribution in [1.82, 2.24) is 4.90 Å². The molecule has 1 amide bonds. The predicted octanol–water partition coefficient (Wildman–Crippen LogP) is 5.75. The second-order valence-electron chi connectivity index (χ2n) is 8.62. The molecule has 0 spiro atoms. The van der Waals surface area contributed by atoms with E-state index in [0.29, 0.717) is 23.4 Å². The van der Waals surface area contributed by atoms with E-state index in [1.807, 2.05) is 36.4 Å². The van der Waals surface area contributed by atoms with Crippen LogP contribution in [0.1, 0.15) is 10.4 Å². The Morgan fingerprint density at radius 2 is 1.72 bits per heavy atom. The third-order valence-corrected chi connectivity index (χ3v) is 6.27. The number of hydrogen-bond donors (Lipinski definition) is 1. The molecular weight excluding hydrogens is 462 g/mol. The molecule has 5 rings (SSSR count). The Bertz CT molecular complexity index is 1390. The first-order chi connectivity index (χ1) is 17.6. The molecular formula is C29H26F2N2O3. The number of ether oxygens (including phenoxy) is 2. The van der Waals surface area contributed by atoms with Crippen molar-refractivity contribution in [1.29, 1.82) is 0 Å². The van der Waals surface area contributed by atoms with E-state index in [1.54, 1.807) is 24.3 Å². The first-order valence-electron chi connectivity index (χ1n) is 11.9. The fourth-order valence-corrected chi connectivity index (χ4v) is 4.36. The Hall–Kier alpha value is -3.81. The average Bonchev–Trinajstić information content (AvgIpc) is 2.92. The maximum atomic E-state index is 14.3. The Morgan fingerprint density at radius 3 is 2.56 bits per heavy atom. The number of amides is 1. The highest BCUT2D eigenvalue weighted by atomic mass is 19.1. The summed E-state index contributed by atoms with van der Waals surface area (Å²) >= 11 is 0. The molecule has 0 aliphatic carbocycles. The summed E-state index contributed by atoms with van der Waals surface area (Å²) in [5.74, 6) is -0.690. The normalized spacial score (nSPS) is 14.1. The van der Waals surface area contributed by atoms with Crippen LogP contribution in [0, 0.1) is 11.6 Å². The first kappa shape index (κ1) is 23.9. The smallest absolute Gasteiger partial charge is 0.255 e. The van der Waals surface area contributed by atoms with Crippen molar-refractivity contribution in [2.75, 3.05) is 44.8 Å². The minimum Gasteiger partial charge on any atom is -0.492 e. The van der Waals surface area contributed by atoms with Gasteiger partial charge in [-0.3, -0.25) is 9.69 Å². The van der Waals surface area contributed by atoms with Crippen LogP contribution in [0.4, 0.5) is 14.5 Å². The highest BCUT2D eigenvalue weighted by Gasteiger charge is 2.14. The van der Waals surface area contributed by atoms with Crippen molar-refractivity contribution in [3.63, 3.8) is 0 Å². The second-order valence-corrected chi connectivity index (χ2v) is 8.62. The minimum atomic E-state index is -0.552. The third kappa shape index (κ3) is 5.37. The predicted molar refractivity (Wildman–Crippen MR) is 136 cm³/mol. The van der Waals surface area contributed by atoms with Gasteiger partial charge in [-0.15, -0.1) is 0 Å². The lowest BCUT2D eigenvalue weighted by Crippen LogP contribution is -2.38. The van der Waals surface area contributed by atoms with Gasteiger partial charge in [0.25, 0.3) is 5.91 Å². The number of halogens is 2. The van der Waals surface area contributed by atoms with Crippen molar-refractivity contribution in [2.24, 2.45) is 0 Å². The molecule has 1 aliphatic heterocycles. The zero-order valence-corrected chi connectivity index (χ0v) is 19.7. The van der Waals surface area contributed by atoms with Crippen molar-refractivity contribution >= 4 is 22.4 Å². The Labute approximate surface area is 208 Å². The lowest BCUT2D eigenvalue weighted by molar-refractivity contribution is 0.0323. The number of carbonyl (C=O) groups is 1. The van der Waals surface area contributed by atoms with Gasteiger partial charge < -0.3 is 14.8 Å². The lowest BCUT2D eigenvalue weighted by atomic mass is 10.0. The SMILES string of the molecule is O=C(Nc1ccc(OCCN2CCOCC2)c2ccccc12)c1cccc(-c2cc(F)ccc2F)c1. The number of carbonyl (C=O) groups excluding carboxylic acids is 1. The van der Waals surface area contributed by atoms with Gasteiger partial charge in [-0.2, -0.15) is 0 Å². The quantitative estimate of drug-likeness (QED) is 0.360. The molecule has 1 aliphatic rings. The fraction of sp³-hybridized carbons (Fsp3) is 0.207. The van der Waals surface area contributed by atoms with E-state index >= 15 is 0 Å². The summed E-state index contributed by atoms with van der Waals surface area (Å²) in [4.78, 5) is 15.4. The number of rotatable bonds is 7. The Balaban J connectivity index is 1.34. The number of hydrogen-bond acceptors (Lipinski definition) is 4. The van der Waals surface area contributed by atoms with Crippen LogP contribution in [-0.4, -0.2) is 50.3 Å². The van der Waals surface area contributed by atoms with E-state index in [0.717, 1.165) is 67.6 Å². The van der Waals surface area contributed by atoms with Gasteiger partial charge in [0.05, 0.1) is 13.2 Å². The minimum absolute atomic E-state index is 0.105. The average molecular weight is 489 g/mol. The summed E-state index contributed by atoms with van der Waals surface area (Å²) in [5, 5.41) is 4.70. The molecule has 0 atom stereocenters. The number of nitrogens with zero attached hydrogens (tertiary/aromatic N) is 1. The Kier molecular flexibility index (Phi) is 7.21. The highest BCUT2D eigenvalue weighted by molar-refractivity contribution is 6.10. The molecule has 184 valence electrons. The van der Waals surface area contributed by atoms with Crippen LogP contribution in [0.5, 0.6) is 5.75 Å². The highest BCUT2D eigenvalue weighted by Crippen LogP contribution is 2.32. The summed E-state index contributed by atoms with van der Waals surface area (Å²) in [6, 6.07) is 21.2. The molecule has 4 aromatic carbocycles. The maximum absolute atomic E-state index is 14.3. The molecule has 4 aromatic rings. The Morgan fingerprint density at radius 1 is 0.917 bits per heavy atom. The van der Waals surface area contributed by atoms with Crippen LogP contribution in [0.3, 0.4) is 0 Å². The summed E-state index contributed by atoms with van der Waals surface area (Å²) < 4.78 is 39.4. The van der Waals surface area contributed by atoms with Gasteiger partial charge in [0.1, 0.15) is 24.0 Å². The molecule has 0 aromatic heterocycles. The van der Waals surface area contributed by atoms with E-state index in [-0.39, 0.29) is 11.5 Å². The molecule has 1 heterocycles. The van der Waals surface area contributed by atoms with E-state index in [4.69, 9.17) is 9.47 Å². The van der Waals surface area contributed by atoms with Gasteiger partial charge in [-0.1, -0.05) is 36.4 Å². The maximum Gasteiger partial charge on any atom is 0.255 e. The summed E-state index contributed by atoms with van der Waals surface area (Å²) in [7, 11) is 0. The third-order valence-electron chi connectivity index (χ3n) is 6.27. The molecule has 7 heteroatoms. The van der Waals surface area contributed by atoms with Gasteiger partial charge in [-0.05, 0) is 48.0 Å².